The van der Waals surface area contributed by atoms with Gasteiger partial charge in [-0.05, 0) is 48.4 Å². The average molecular weight is 297 g/mol. The summed E-state index contributed by atoms with van der Waals surface area (Å²) in [4.78, 5) is 0. The lowest BCUT2D eigenvalue weighted by atomic mass is 9.99. The normalized spacial score (nSPS) is 22.3. The Labute approximate surface area is 131 Å². The maximum Gasteiger partial charge on any atom is 0.127 e. The van der Waals surface area contributed by atoms with Crippen LogP contribution in [0.2, 0.25) is 0 Å². The molecular weight excluding hydrogens is 274 g/mol. The molecule has 3 rings (SSSR count). The molecule has 1 aliphatic rings. The van der Waals surface area contributed by atoms with Crippen molar-refractivity contribution in [3.63, 3.8) is 0 Å². The third-order valence-corrected chi connectivity index (χ3v) is 4.28. The van der Waals surface area contributed by atoms with Crippen LogP contribution in [0.15, 0.2) is 36.4 Å². The highest BCUT2D eigenvalue weighted by Crippen LogP contribution is 2.31. The highest BCUT2D eigenvalue weighted by atomic mass is 16.5. The zero-order valence-electron chi connectivity index (χ0n) is 13.2. The number of nitrogens with two attached hydrogens (primary N) is 1. The molecule has 3 nitrogen and oxygen atoms in total. The molecule has 2 aromatic rings. The third kappa shape index (κ3) is 3.01. The van der Waals surface area contributed by atoms with E-state index < -0.39 is 0 Å². The van der Waals surface area contributed by atoms with E-state index in [-0.39, 0.29) is 12.1 Å². The van der Waals surface area contributed by atoms with Crippen molar-refractivity contribution in [1.82, 2.24) is 0 Å². The van der Waals surface area contributed by atoms with E-state index in [1.807, 2.05) is 0 Å². The van der Waals surface area contributed by atoms with Crippen molar-refractivity contribution in [1.29, 1.82) is 0 Å². The Hall–Kier alpha value is -1.84. The van der Waals surface area contributed by atoms with Gasteiger partial charge < -0.3 is 15.2 Å². The molecule has 0 spiro atoms. The summed E-state index contributed by atoms with van der Waals surface area (Å²) >= 11 is 0. The number of aryl methyl sites for hydroxylation is 1. The predicted octanol–water partition coefficient (Wildman–Crippen LogP) is 3.68. The van der Waals surface area contributed by atoms with Crippen LogP contribution >= 0.6 is 0 Å². The summed E-state index contributed by atoms with van der Waals surface area (Å²) in [5.74, 6) is 0.907. The lowest BCUT2D eigenvalue weighted by Gasteiger charge is -2.26. The van der Waals surface area contributed by atoms with Gasteiger partial charge in [0.15, 0.2) is 0 Å². The summed E-state index contributed by atoms with van der Waals surface area (Å²) in [7, 11) is 1.72. The number of benzene rings is 2. The zero-order valence-corrected chi connectivity index (χ0v) is 13.2. The van der Waals surface area contributed by atoms with E-state index in [0.717, 1.165) is 30.8 Å². The van der Waals surface area contributed by atoms with Crippen molar-refractivity contribution in [2.45, 2.75) is 31.9 Å². The van der Waals surface area contributed by atoms with Crippen molar-refractivity contribution >= 4 is 16.8 Å². The summed E-state index contributed by atoms with van der Waals surface area (Å²) in [6.07, 6.45) is 6.23. The van der Waals surface area contributed by atoms with Gasteiger partial charge in [0.05, 0.1) is 13.2 Å². The second-order valence-corrected chi connectivity index (χ2v) is 5.90. The number of ether oxygens (including phenoxy) is 2. The van der Waals surface area contributed by atoms with E-state index in [1.165, 1.54) is 16.3 Å². The first-order valence-corrected chi connectivity index (χ1v) is 7.82. The fourth-order valence-corrected chi connectivity index (χ4v) is 3.08. The fraction of sp³-hybridized carbons (Fsp3) is 0.368. The van der Waals surface area contributed by atoms with Crippen molar-refractivity contribution in [2.24, 2.45) is 5.73 Å². The monoisotopic (exact) mass is 297 g/mol. The zero-order chi connectivity index (χ0) is 15.5. The van der Waals surface area contributed by atoms with Crippen LogP contribution < -0.4 is 10.5 Å². The standard InChI is InChI=1S/C19H23NO2/c1-13-5-3-6-15-11-14(12-18(21-2)19(13)15)8-9-17-16(20)7-4-10-22-17/h3,5-6,8-9,11-12,16-17H,4,7,10,20H2,1-2H3/b9-8+/t16-,17+/m1/s1. The SMILES string of the molecule is COc1cc(/C=C/[C@@H]2OCCC[C@H]2N)cc2cccc(C)c12. The van der Waals surface area contributed by atoms with Gasteiger partial charge >= 0.3 is 0 Å². The highest BCUT2D eigenvalue weighted by Gasteiger charge is 2.19. The maximum atomic E-state index is 6.11. The molecule has 0 saturated carbocycles. The van der Waals surface area contributed by atoms with Crippen LogP contribution in [0, 0.1) is 6.92 Å². The van der Waals surface area contributed by atoms with Crippen LogP contribution in [0.4, 0.5) is 0 Å². The van der Waals surface area contributed by atoms with E-state index in [1.54, 1.807) is 7.11 Å². The molecule has 0 amide bonds. The van der Waals surface area contributed by atoms with Crippen molar-refractivity contribution in [3.05, 3.63) is 47.5 Å². The predicted molar refractivity (Wildman–Crippen MR) is 91.2 cm³/mol. The number of fused-ring (bicyclic) bond motifs is 1. The third-order valence-electron chi connectivity index (χ3n) is 4.28. The van der Waals surface area contributed by atoms with Gasteiger partial charge in [-0.15, -0.1) is 0 Å². The van der Waals surface area contributed by atoms with E-state index >= 15 is 0 Å². The molecule has 2 aromatic carbocycles. The average Bonchev–Trinajstić information content (AvgIpc) is 2.53. The number of rotatable bonds is 3. The molecule has 116 valence electrons. The first-order valence-electron chi connectivity index (χ1n) is 7.82. The first kappa shape index (κ1) is 15.1. The molecule has 0 aliphatic carbocycles. The lowest BCUT2D eigenvalue weighted by Crippen LogP contribution is -2.39. The van der Waals surface area contributed by atoms with Gasteiger partial charge in [0.2, 0.25) is 0 Å². The topological polar surface area (TPSA) is 44.5 Å². The van der Waals surface area contributed by atoms with Gasteiger partial charge in [-0.2, -0.15) is 0 Å². The Morgan fingerprint density at radius 1 is 1.32 bits per heavy atom. The molecule has 3 heteroatoms. The second-order valence-electron chi connectivity index (χ2n) is 5.90. The van der Waals surface area contributed by atoms with Crippen LogP contribution in [-0.2, 0) is 4.74 Å². The van der Waals surface area contributed by atoms with Gasteiger partial charge in [-0.25, -0.2) is 0 Å². The fourth-order valence-electron chi connectivity index (χ4n) is 3.08. The molecule has 22 heavy (non-hydrogen) atoms. The van der Waals surface area contributed by atoms with Gasteiger partial charge in [0.25, 0.3) is 0 Å². The minimum Gasteiger partial charge on any atom is -0.496 e. The molecule has 1 heterocycles. The van der Waals surface area contributed by atoms with Gasteiger partial charge in [-0.3, -0.25) is 0 Å². The Morgan fingerprint density at radius 2 is 2.18 bits per heavy atom. The molecule has 1 fully saturated rings. The van der Waals surface area contributed by atoms with Gasteiger partial charge in [-0.1, -0.05) is 30.4 Å². The molecule has 2 atom stereocenters. The van der Waals surface area contributed by atoms with Crippen LogP contribution in [0.25, 0.3) is 16.8 Å². The molecule has 0 aromatic heterocycles. The van der Waals surface area contributed by atoms with Crippen molar-refractivity contribution < 1.29 is 9.47 Å². The summed E-state index contributed by atoms with van der Waals surface area (Å²) in [5.41, 5.74) is 8.44. The van der Waals surface area contributed by atoms with Crippen LogP contribution in [-0.4, -0.2) is 25.9 Å². The van der Waals surface area contributed by atoms with Crippen LogP contribution in [0.1, 0.15) is 24.0 Å². The van der Waals surface area contributed by atoms with E-state index in [0.29, 0.717) is 0 Å². The molecule has 1 saturated heterocycles. The minimum absolute atomic E-state index is 0.00736. The lowest BCUT2D eigenvalue weighted by molar-refractivity contribution is 0.0323. The smallest absolute Gasteiger partial charge is 0.127 e. The van der Waals surface area contributed by atoms with Crippen LogP contribution in [0.3, 0.4) is 0 Å². The Balaban J connectivity index is 1.94. The Kier molecular flexibility index (Phi) is 4.46. The first-order chi connectivity index (χ1) is 10.7. The van der Waals surface area contributed by atoms with Gasteiger partial charge in [0.1, 0.15) is 5.75 Å². The Bertz CT molecular complexity index is 693. The molecular formula is C19H23NO2. The number of hydrogen-bond acceptors (Lipinski definition) is 3. The maximum absolute atomic E-state index is 6.11. The number of hydrogen-bond donors (Lipinski definition) is 1. The van der Waals surface area contributed by atoms with Crippen LogP contribution in [0.5, 0.6) is 5.75 Å². The van der Waals surface area contributed by atoms with E-state index in [4.69, 9.17) is 15.2 Å². The van der Waals surface area contributed by atoms with Crippen molar-refractivity contribution in [2.75, 3.05) is 13.7 Å². The summed E-state index contributed by atoms with van der Waals surface area (Å²) < 4.78 is 11.3. The molecule has 2 N–H and O–H groups in total. The Morgan fingerprint density at radius 3 is 2.95 bits per heavy atom. The second kappa shape index (κ2) is 6.51. The highest BCUT2D eigenvalue weighted by molar-refractivity contribution is 5.93. The van der Waals surface area contributed by atoms with Crippen molar-refractivity contribution in [3.8, 4) is 5.75 Å². The quantitative estimate of drug-likeness (QED) is 0.940. The molecule has 0 radical (unpaired) electrons. The van der Waals surface area contributed by atoms with E-state index in [9.17, 15) is 0 Å². The molecule has 1 aliphatic heterocycles. The van der Waals surface area contributed by atoms with Gasteiger partial charge in [0, 0.05) is 18.0 Å². The summed E-state index contributed by atoms with van der Waals surface area (Å²) in [6, 6.07) is 10.6. The largest absolute Gasteiger partial charge is 0.496 e. The summed E-state index contributed by atoms with van der Waals surface area (Å²) in [6.45, 7) is 2.90. The summed E-state index contributed by atoms with van der Waals surface area (Å²) in [5, 5.41) is 2.36. The van der Waals surface area contributed by atoms with E-state index in [2.05, 4.69) is 49.4 Å². The minimum atomic E-state index is 0.00736. The number of methoxy groups -OCH3 is 1. The molecule has 0 unspecified atom stereocenters. The molecule has 0 bridgehead atoms.